The average Bonchev–Trinajstić information content (AvgIpc) is 3.10. The van der Waals surface area contributed by atoms with Crippen LogP contribution in [0.3, 0.4) is 0 Å². The highest BCUT2D eigenvalue weighted by Gasteiger charge is 2.27. The SMILES string of the molecule is CNC(=O)c1noc(CN2CCC[C@H](C(=O)Cc3ccccc3)C2)n1. The molecule has 1 fully saturated rings. The summed E-state index contributed by atoms with van der Waals surface area (Å²) in [4.78, 5) is 30.3. The van der Waals surface area contributed by atoms with Crippen molar-refractivity contribution < 1.29 is 14.1 Å². The molecule has 3 rings (SSSR count). The highest BCUT2D eigenvalue weighted by Crippen LogP contribution is 2.20. The Kier molecular flexibility index (Phi) is 5.55. The van der Waals surface area contributed by atoms with Gasteiger partial charge in [-0.2, -0.15) is 4.98 Å². The van der Waals surface area contributed by atoms with Crippen molar-refractivity contribution in [3.05, 3.63) is 47.6 Å². The minimum Gasteiger partial charge on any atom is -0.352 e. The lowest BCUT2D eigenvalue weighted by Gasteiger charge is -2.30. The maximum absolute atomic E-state index is 12.6. The molecule has 0 unspecified atom stereocenters. The molecule has 132 valence electrons. The molecule has 1 amide bonds. The Morgan fingerprint density at radius 3 is 2.88 bits per heavy atom. The van der Waals surface area contributed by atoms with Gasteiger partial charge in [-0.15, -0.1) is 0 Å². The van der Waals surface area contributed by atoms with Gasteiger partial charge in [0.25, 0.3) is 11.7 Å². The molecule has 0 saturated carbocycles. The van der Waals surface area contributed by atoms with Crippen LogP contribution in [0.4, 0.5) is 0 Å². The van der Waals surface area contributed by atoms with Crippen LogP contribution in [0, 0.1) is 5.92 Å². The van der Waals surface area contributed by atoms with Crippen molar-refractivity contribution in [3.63, 3.8) is 0 Å². The molecule has 1 saturated heterocycles. The van der Waals surface area contributed by atoms with Gasteiger partial charge in [0.2, 0.25) is 5.89 Å². The number of amides is 1. The summed E-state index contributed by atoms with van der Waals surface area (Å²) in [5, 5.41) is 6.13. The Labute approximate surface area is 146 Å². The Morgan fingerprint density at radius 1 is 1.32 bits per heavy atom. The third-order valence-corrected chi connectivity index (χ3v) is 4.44. The summed E-state index contributed by atoms with van der Waals surface area (Å²) in [6.45, 7) is 2.02. The third kappa shape index (κ3) is 4.51. The summed E-state index contributed by atoms with van der Waals surface area (Å²) in [5.41, 5.74) is 1.05. The first-order chi connectivity index (χ1) is 12.2. The van der Waals surface area contributed by atoms with Gasteiger partial charge in [0, 0.05) is 25.9 Å². The molecule has 1 aliphatic heterocycles. The molecular weight excluding hydrogens is 320 g/mol. The number of Topliss-reactive ketones (excluding diaryl/α,β-unsaturated/α-hetero) is 1. The van der Waals surface area contributed by atoms with E-state index in [2.05, 4.69) is 20.4 Å². The zero-order chi connectivity index (χ0) is 17.6. The van der Waals surface area contributed by atoms with Gasteiger partial charge in [-0.25, -0.2) is 0 Å². The molecule has 0 spiro atoms. The van der Waals surface area contributed by atoms with Crippen molar-refractivity contribution in [2.24, 2.45) is 5.92 Å². The molecule has 1 N–H and O–H groups in total. The van der Waals surface area contributed by atoms with E-state index in [9.17, 15) is 9.59 Å². The first-order valence-electron chi connectivity index (χ1n) is 8.49. The first-order valence-corrected chi connectivity index (χ1v) is 8.49. The summed E-state index contributed by atoms with van der Waals surface area (Å²) >= 11 is 0. The fourth-order valence-corrected chi connectivity index (χ4v) is 3.12. The number of benzene rings is 1. The van der Waals surface area contributed by atoms with Crippen molar-refractivity contribution >= 4 is 11.7 Å². The summed E-state index contributed by atoms with van der Waals surface area (Å²) < 4.78 is 5.13. The van der Waals surface area contributed by atoms with Gasteiger partial charge >= 0.3 is 0 Å². The van der Waals surface area contributed by atoms with Gasteiger partial charge < -0.3 is 9.84 Å². The van der Waals surface area contributed by atoms with Crippen LogP contribution in [0.2, 0.25) is 0 Å². The summed E-state index contributed by atoms with van der Waals surface area (Å²) in [6.07, 6.45) is 2.35. The molecule has 1 aromatic heterocycles. The van der Waals surface area contributed by atoms with Crippen molar-refractivity contribution in [2.75, 3.05) is 20.1 Å². The number of hydrogen-bond acceptors (Lipinski definition) is 6. The van der Waals surface area contributed by atoms with Crippen LogP contribution in [0.1, 0.15) is 34.9 Å². The van der Waals surface area contributed by atoms with E-state index in [0.29, 0.717) is 25.4 Å². The van der Waals surface area contributed by atoms with E-state index in [4.69, 9.17) is 4.52 Å². The number of aromatic nitrogens is 2. The largest absolute Gasteiger partial charge is 0.352 e. The maximum Gasteiger partial charge on any atom is 0.292 e. The average molecular weight is 342 g/mol. The van der Waals surface area contributed by atoms with Gasteiger partial charge in [0.15, 0.2) is 0 Å². The number of piperidine rings is 1. The number of nitrogens with zero attached hydrogens (tertiary/aromatic N) is 3. The molecule has 1 atom stereocenters. The third-order valence-electron chi connectivity index (χ3n) is 4.44. The number of likely N-dealkylation sites (tertiary alicyclic amines) is 1. The van der Waals surface area contributed by atoms with Crippen molar-refractivity contribution in [1.82, 2.24) is 20.4 Å². The van der Waals surface area contributed by atoms with Crippen LogP contribution in [-0.4, -0.2) is 46.9 Å². The van der Waals surface area contributed by atoms with E-state index in [1.54, 1.807) is 0 Å². The molecule has 25 heavy (non-hydrogen) atoms. The fourth-order valence-electron chi connectivity index (χ4n) is 3.12. The van der Waals surface area contributed by atoms with Gasteiger partial charge in [0.1, 0.15) is 5.78 Å². The summed E-state index contributed by atoms with van der Waals surface area (Å²) in [5.74, 6) is 0.355. The predicted molar refractivity (Wildman–Crippen MR) is 90.8 cm³/mol. The number of nitrogens with one attached hydrogen (secondary N) is 1. The van der Waals surface area contributed by atoms with E-state index in [1.165, 1.54) is 7.05 Å². The lowest BCUT2D eigenvalue weighted by Crippen LogP contribution is -2.38. The summed E-state index contributed by atoms with van der Waals surface area (Å²) in [6, 6.07) is 9.83. The lowest BCUT2D eigenvalue weighted by molar-refractivity contribution is -0.124. The molecule has 2 aromatic rings. The molecule has 7 nitrogen and oxygen atoms in total. The van der Waals surface area contributed by atoms with E-state index >= 15 is 0 Å². The van der Waals surface area contributed by atoms with Crippen LogP contribution in [0.15, 0.2) is 34.9 Å². The van der Waals surface area contributed by atoms with Crippen LogP contribution in [0.5, 0.6) is 0 Å². The predicted octanol–water partition coefficient (Wildman–Crippen LogP) is 1.45. The highest BCUT2D eigenvalue weighted by atomic mass is 16.5. The number of carbonyl (C=O) groups excluding carboxylic acids is 2. The van der Waals surface area contributed by atoms with Crippen LogP contribution >= 0.6 is 0 Å². The van der Waals surface area contributed by atoms with E-state index in [0.717, 1.165) is 24.9 Å². The molecule has 0 aliphatic carbocycles. The zero-order valence-corrected chi connectivity index (χ0v) is 14.3. The second-order valence-electron chi connectivity index (χ2n) is 6.29. The zero-order valence-electron chi connectivity index (χ0n) is 14.3. The molecule has 0 radical (unpaired) electrons. The summed E-state index contributed by atoms with van der Waals surface area (Å²) in [7, 11) is 1.52. The van der Waals surface area contributed by atoms with Crippen molar-refractivity contribution in [3.8, 4) is 0 Å². The molecule has 1 aliphatic rings. The smallest absolute Gasteiger partial charge is 0.292 e. The van der Waals surface area contributed by atoms with Gasteiger partial charge in [0.05, 0.1) is 6.54 Å². The maximum atomic E-state index is 12.6. The normalized spacial score (nSPS) is 18.0. The fraction of sp³-hybridized carbons (Fsp3) is 0.444. The standard InChI is InChI=1S/C18H22N4O3/c1-19-18(24)17-20-16(25-21-17)12-22-9-5-8-14(11-22)15(23)10-13-6-3-2-4-7-13/h2-4,6-7,14H,5,8-12H2,1H3,(H,19,24)/t14-/m0/s1. The second kappa shape index (κ2) is 8.02. The molecular formula is C18H22N4O3. The molecule has 0 bridgehead atoms. The Balaban J connectivity index is 1.56. The second-order valence-corrected chi connectivity index (χ2v) is 6.29. The Morgan fingerprint density at radius 2 is 2.12 bits per heavy atom. The van der Waals surface area contributed by atoms with Crippen LogP contribution in [-0.2, 0) is 17.8 Å². The molecule has 7 heteroatoms. The van der Waals surface area contributed by atoms with Crippen LogP contribution < -0.4 is 5.32 Å². The first kappa shape index (κ1) is 17.3. The van der Waals surface area contributed by atoms with Gasteiger partial charge in [-0.1, -0.05) is 35.5 Å². The van der Waals surface area contributed by atoms with Crippen LogP contribution in [0.25, 0.3) is 0 Å². The highest BCUT2D eigenvalue weighted by molar-refractivity contribution is 5.89. The van der Waals surface area contributed by atoms with E-state index in [1.807, 2.05) is 30.3 Å². The number of rotatable bonds is 6. The Hall–Kier alpha value is -2.54. The number of ketones is 1. The number of carbonyl (C=O) groups is 2. The minimum atomic E-state index is -0.371. The lowest BCUT2D eigenvalue weighted by atomic mass is 9.90. The van der Waals surface area contributed by atoms with Crippen molar-refractivity contribution in [1.29, 1.82) is 0 Å². The monoisotopic (exact) mass is 342 g/mol. The van der Waals surface area contributed by atoms with Gasteiger partial charge in [-0.3, -0.25) is 14.5 Å². The van der Waals surface area contributed by atoms with Gasteiger partial charge in [-0.05, 0) is 24.9 Å². The quantitative estimate of drug-likeness (QED) is 0.855. The topological polar surface area (TPSA) is 88.3 Å². The van der Waals surface area contributed by atoms with Crippen molar-refractivity contribution in [2.45, 2.75) is 25.8 Å². The molecule has 1 aromatic carbocycles. The Bertz CT molecular complexity index is 729. The van der Waals surface area contributed by atoms with E-state index in [-0.39, 0.29) is 23.4 Å². The number of hydrogen-bond donors (Lipinski definition) is 1. The van der Waals surface area contributed by atoms with E-state index < -0.39 is 0 Å². The molecule has 2 heterocycles. The minimum absolute atomic E-state index is 0.0234.